The summed E-state index contributed by atoms with van der Waals surface area (Å²) in [7, 11) is -2.31. The number of halogens is 1. The van der Waals surface area contributed by atoms with Crippen LogP contribution in [-0.4, -0.2) is 80.8 Å². The van der Waals surface area contributed by atoms with Gasteiger partial charge in [-0.05, 0) is 52.7 Å². The van der Waals surface area contributed by atoms with Crippen molar-refractivity contribution in [2.75, 3.05) is 18.6 Å². The van der Waals surface area contributed by atoms with E-state index >= 15 is 4.39 Å². The van der Waals surface area contributed by atoms with E-state index in [1.54, 1.807) is 51.1 Å². The first-order valence-electron chi connectivity index (χ1n) is 13.8. The van der Waals surface area contributed by atoms with Crippen molar-refractivity contribution in [1.29, 1.82) is 0 Å². The molecule has 0 spiro atoms. The number of aliphatic hydroxyl groups excluding tert-OH is 1. The van der Waals surface area contributed by atoms with Gasteiger partial charge in [0.15, 0.2) is 29.4 Å². The molecule has 2 N–H and O–H groups in total. The topological polar surface area (TPSA) is 150 Å². The molecule has 13 nitrogen and oxygen atoms in total. The number of aromatic nitrogens is 4. The van der Waals surface area contributed by atoms with Gasteiger partial charge in [0.25, 0.3) is 0 Å². The second kappa shape index (κ2) is 12.2. The Morgan fingerprint density at radius 1 is 1.26 bits per heavy atom. The first-order valence-corrected chi connectivity index (χ1v) is 15.4. The predicted molar refractivity (Wildman–Crippen MR) is 151 cm³/mol. The number of hydrogen-bond acceptors (Lipinski definition) is 11. The highest BCUT2D eigenvalue weighted by Gasteiger charge is 2.47. The lowest BCUT2D eigenvalue weighted by Crippen LogP contribution is -2.37. The van der Waals surface area contributed by atoms with Crippen LogP contribution in [0.3, 0.4) is 0 Å². The monoisotopic (exact) mass is 606 g/mol. The highest BCUT2D eigenvalue weighted by atomic mass is 31.2. The van der Waals surface area contributed by atoms with Gasteiger partial charge in [-0.15, -0.1) is 0 Å². The number of fused-ring (bicyclic) bond motifs is 1. The van der Waals surface area contributed by atoms with E-state index in [4.69, 9.17) is 18.5 Å². The van der Waals surface area contributed by atoms with Crippen molar-refractivity contribution in [2.24, 2.45) is 0 Å². The zero-order chi connectivity index (χ0) is 30.2. The minimum absolute atomic E-state index is 0.207. The molecule has 1 saturated carbocycles. The lowest BCUT2D eigenvalue weighted by Gasteiger charge is -2.25. The molecule has 1 saturated heterocycles. The normalized spacial score (nSPS) is 24.5. The number of nitrogens with zero attached hydrogens (tertiary/aromatic N) is 5. The van der Waals surface area contributed by atoms with Gasteiger partial charge in [-0.25, -0.2) is 23.9 Å². The van der Waals surface area contributed by atoms with Crippen molar-refractivity contribution in [3.05, 3.63) is 42.5 Å². The molecule has 2 fully saturated rings. The molecule has 0 radical (unpaired) electrons. The second-order valence-electron chi connectivity index (χ2n) is 10.8. The van der Waals surface area contributed by atoms with Crippen molar-refractivity contribution in [2.45, 2.75) is 83.3 Å². The molecule has 0 bridgehead atoms. The number of carbonyl (C=O) groups excluding carboxylic acids is 1. The van der Waals surface area contributed by atoms with Gasteiger partial charge in [0.1, 0.15) is 29.8 Å². The van der Waals surface area contributed by atoms with E-state index in [0.29, 0.717) is 28.8 Å². The van der Waals surface area contributed by atoms with Crippen molar-refractivity contribution >= 4 is 30.7 Å². The molecule has 42 heavy (non-hydrogen) atoms. The number of nitrogens with one attached hydrogen (secondary N) is 1. The molecular formula is C27H36FN6O7P. The van der Waals surface area contributed by atoms with Crippen molar-refractivity contribution < 1.29 is 37.4 Å². The summed E-state index contributed by atoms with van der Waals surface area (Å²) in [6, 6.07) is 7.52. The van der Waals surface area contributed by atoms with Crippen LogP contribution in [0.4, 0.5) is 10.2 Å². The number of esters is 1. The molecule has 1 aliphatic heterocycles. The molecule has 1 unspecified atom stereocenters. The molecule has 6 atom stereocenters. The Bertz CT molecular complexity index is 1460. The van der Waals surface area contributed by atoms with Gasteiger partial charge in [0.05, 0.1) is 19.0 Å². The van der Waals surface area contributed by atoms with Gasteiger partial charge >= 0.3 is 13.7 Å². The summed E-state index contributed by atoms with van der Waals surface area (Å²) < 4.78 is 53.0. The highest BCUT2D eigenvalue weighted by molar-refractivity contribution is 7.52. The van der Waals surface area contributed by atoms with Crippen LogP contribution in [0.25, 0.3) is 11.2 Å². The maximum atomic E-state index is 15.5. The van der Waals surface area contributed by atoms with Crippen LogP contribution in [0.1, 0.15) is 45.7 Å². The molecular weight excluding hydrogens is 570 g/mol. The molecule has 2 aliphatic rings. The average molecular weight is 607 g/mol. The van der Waals surface area contributed by atoms with E-state index in [-0.39, 0.29) is 5.75 Å². The maximum absolute atomic E-state index is 15.5. The Balaban J connectivity index is 1.34. The number of para-hydroxylation sites is 1. The van der Waals surface area contributed by atoms with Gasteiger partial charge in [-0.3, -0.25) is 13.9 Å². The van der Waals surface area contributed by atoms with Crippen LogP contribution in [0.5, 0.6) is 5.75 Å². The number of alkyl halides is 1. The van der Waals surface area contributed by atoms with Crippen LogP contribution in [0.15, 0.2) is 36.7 Å². The summed E-state index contributed by atoms with van der Waals surface area (Å²) in [5, 5.41) is 13.3. The summed E-state index contributed by atoms with van der Waals surface area (Å²) in [6.45, 7) is 6.05. The quantitative estimate of drug-likeness (QED) is 0.230. The fourth-order valence-electron chi connectivity index (χ4n) is 4.65. The molecule has 3 heterocycles. The summed E-state index contributed by atoms with van der Waals surface area (Å²) >= 11 is 0. The number of carbonyl (C=O) groups is 1. The molecule has 1 aromatic carbocycles. The van der Waals surface area contributed by atoms with E-state index in [1.165, 1.54) is 17.8 Å². The lowest BCUT2D eigenvalue weighted by atomic mass is 10.1. The number of imidazole rings is 1. The molecule has 5 rings (SSSR count). The number of anilines is 1. The van der Waals surface area contributed by atoms with Crippen molar-refractivity contribution in [3.8, 4) is 5.75 Å². The Morgan fingerprint density at radius 2 is 1.98 bits per heavy atom. The highest BCUT2D eigenvalue weighted by Crippen LogP contribution is 2.46. The minimum Gasteiger partial charge on any atom is -0.462 e. The van der Waals surface area contributed by atoms with Crippen LogP contribution in [0, 0.1) is 6.92 Å². The van der Waals surface area contributed by atoms with Gasteiger partial charge in [0.2, 0.25) is 0 Å². The number of ether oxygens (including phenoxy) is 2. The maximum Gasteiger partial charge on any atom is 0.459 e. The summed E-state index contributed by atoms with van der Waals surface area (Å²) in [4.78, 5) is 27.9. The van der Waals surface area contributed by atoms with Crippen molar-refractivity contribution in [3.63, 3.8) is 0 Å². The zero-order valence-corrected chi connectivity index (χ0v) is 25.0. The van der Waals surface area contributed by atoms with Crippen LogP contribution in [0.2, 0.25) is 0 Å². The number of aryl methyl sites for hydroxylation is 1. The van der Waals surface area contributed by atoms with Crippen LogP contribution in [-0.2, 0) is 23.4 Å². The number of aliphatic hydroxyl groups is 1. The Kier molecular flexibility index (Phi) is 8.81. The van der Waals surface area contributed by atoms with Gasteiger partial charge in [-0.2, -0.15) is 5.09 Å². The smallest absolute Gasteiger partial charge is 0.459 e. The van der Waals surface area contributed by atoms with Gasteiger partial charge in [0, 0.05) is 13.1 Å². The lowest BCUT2D eigenvalue weighted by molar-refractivity contribution is -0.149. The standard InChI is InChI=1S/C27H36FN6O7P/c1-15(2)39-27(36)16(3)32-42(37,41-19-9-7-6-8-10-19)38-13-20-23(35)21(28)26(40-20)34-14-29-22-24(33(5)18-11-12-18)30-17(4)31-25(22)34/h6-10,14-16,18,20-21,23,26,35H,11-13H2,1-5H3,(H,32,37)/t16-,20+,21-,23+,26+,42?/m0/s1. The van der Waals surface area contributed by atoms with E-state index in [2.05, 4.69) is 20.0 Å². The fraction of sp³-hybridized carbons (Fsp3) is 0.556. The third-order valence-corrected chi connectivity index (χ3v) is 8.59. The molecule has 2 aromatic heterocycles. The van der Waals surface area contributed by atoms with Gasteiger partial charge in [-0.1, -0.05) is 18.2 Å². The minimum atomic E-state index is -4.25. The molecule has 3 aromatic rings. The Morgan fingerprint density at radius 3 is 2.64 bits per heavy atom. The van der Waals surface area contributed by atoms with Crippen LogP contribution < -0.4 is 14.5 Å². The van der Waals surface area contributed by atoms with E-state index in [1.807, 2.05) is 11.9 Å². The summed E-state index contributed by atoms with van der Waals surface area (Å²) in [6.07, 6.45) is -2.90. The Labute approximate surface area is 242 Å². The first kappa shape index (κ1) is 30.3. The van der Waals surface area contributed by atoms with Gasteiger partial charge < -0.3 is 24.0 Å². The number of hydrogen-bond donors (Lipinski definition) is 2. The molecule has 228 valence electrons. The largest absolute Gasteiger partial charge is 0.462 e. The second-order valence-corrected chi connectivity index (χ2v) is 12.5. The van der Waals surface area contributed by atoms with Crippen molar-refractivity contribution in [1.82, 2.24) is 24.6 Å². The number of rotatable bonds is 12. The van der Waals surface area contributed by atoms with E-state index in [0.717, 1.165) is 12.8 Å². The fourth-order valence-corrected chi connectivity index (χ4v) is 6.15. The molecule has 0 amide bonds. The van der Waals surface area contributed by atoms with E-state index in [9.17, 15) is 14.5 Å². The zero-order valence-electron chi connectivity index (χ0n) is 24.1. The predicted octanol–water partition coefficient (Wildman–Crippen LogP) is 3.46. The third kappa shape index (κ3) is 6.57. The van der Waals surface area contributed by atoms with E-state index < -0.39 is 57.1 Å². The SMILES string of the molecule is Cc1nc(N(C)C2CC2)c2ncn([C@@H]3O[C@H](COP(=O)(N[C@@H](C)C(=O)OC(C)C)Oc4ccccc4)[C@@H](O)[C@@H]3F)c2n1. The summed E-state index contributed by atoms with van der Waals surface area (Å²) in [5.74, 6) is 0.667. The number of benzene rings is 1. The molecule has 1 aliphatic carbocycles. The third-order valence-electron chi connectivity index (χ3n) is 6.95. The molecule has 15 heteroatoms. The first-order chi connectivity index (χ1) is 20.0. The Hall–Kier alpha value is -3.16. The summed E-state index contributed by atoms with van der Waals surface area (Å²) in [5.41, 5.74) is 0.857. The van der Waals surface area contributed by atoms with Crippen LogP contribution >= 0.6 is 7.75 Å². The average Bonchev–Trinajstić information content (AvgIpc) is 3.65.